The molecule has 0 aromatic heterocycles. The quantitative estimate of drug-likeness (QED) is 0.206. The number of hydrogen-bond acceptors (Lipinski definition) is 0. The second-order valence-corrected chi connectivity index (χ2v) is 10.4. The van der Waals surface area contributed by atoms with E-state index in [4.69, 9.17) is 0 Å². The number of halogens is 2. The predicted octanol–water partition coefficient (Wildman–Crippen LogP) is 9.44. The molecule has 32 heavy (non-hydrogen) atoms. The Hall–Kier alpha value is -2.68. The Bertz CT molecular complexity index is 1480. The maximum Gasteiger partial charge on any atom is 0.0253 e. The van der Waals surface area contributed by atoms with E-state index in [-0.39, 0.29) is 0 Å². The Labute approximate surface area is 204 Å². The van der Waals surface area contributed by atoms with Crippen molar-refractivity contribution in [2.24, 2.45) is 0 Å². The van der Waals surface area contributed by atoms with Crippen molar-refractivity contribution in [3.63, 3.8) is 0 Å². The molecular formula is C30H18Br2. The predicted molar refractivity (Wildman–Crippen MR) is 142 cm³/mol. The van der Waals surface area contributed by atoms with E-state index in [1.165, 1.54) is 66.4 Å². The van der Waals surface area contributed by atoms with Crippen LogP contribution in [0.3, 0.4) is 0 Å². The number of rotatable bonds is 2. The van der Waals surface area contributed by atoms with Gasteiger partial charge in [0.1, 0.15) is 0 Å². The molecule has 2 heteroatoms. The van der Waals surface area contributed by atoms with Crippen LogP contribution >= 0.6 is 31.9 Å². The summed E-state index contributed by atoms with van der Waals surface area (Å²) in [5.74, 6) is 0. The maximum absolute atomic E-state index is 3.81. The van der Waals surface area contributed by atoms with E-state index in [2.05, 4.69) is 117 Å². The van der Waals surface area contributed by atoms with Crippen molar-refractivity contribution in [1.29, 1.82) is 0 Å². The van der Waals surface area contributed by atoms with E-state index in [1.807, 2.05) is 0 Å². The molecule has 0 atom stereocenters. The summed E-state index contributed by atoms with van der Waals surface area (Å²) in [5, 5.41) is 2.94. The molecule has 152 valence electrons. The van der Waals surface area contributed by atoms with Crippen molar-refractivity contribution in [3.05, 3.63) is 105 Å². The van der Waals surface area contributed by atoms with Crippen LogP contribution in [0.1, 0.15) is 11.1 Å². The zero-order valence-electron chi connectivity index (χ0n) is 17.3. The van der Waals surface area contributed by atoms with Crippen LogP contribution in [0.25, 0.3) is 55.3 Å². The van der Waals surface area contributed by atoms with Gasteiger partial charge in [-0.1, -0.05) is 105 Å². The van der Waals surface area contributed by atoms with Gasteiger partial charge in [0.05, 0.1) is 0 Å². The van der Waals surface area contributed by atoms with Crippen molar-refractivity contribution < 1.29 is 0 Å². The standard InChI is InChI=1S/C30H18Br2/c31-25-7-3-1-5-19(25)21-15-16-22(20-6-2-4-8-26(20)32)29-24-14-12-18-10-9-17-11-13-23(28(21)29)30(24)27(17)18/h1-8,11-16H,9-10H2. The molecule has 0 unspecified atom stereocenters. The molecule has 7 rings (SSSR count). The van der Waals surface area contributed by atoms with Gasteiger partial charge in [0.25, 0.3) is 0 Å². The smallest absolute Gasteiger partial charge is 0.0253 e. The monoisotopic (exact) mass is 536 g/mol. The van der Waals surface area contributed by atoms with E-state index < -0.39 is 0 Å². The van der Waals surface area contributed by atoms with E-state index in [0.717, 1.165) is 21.8 Å². The SMILES string of the molecule is Brc1ccccc1-c1ccc(-c2ccccc2Br)c2c1-c1ccc3c4c(ccc-2c14)CC3. The minimum Gasteiger partial charge on any atom is -0.0616 e. The summed E-state index contributed by atoms with van der Waals surface area (Å²) in [4.78, 5) is 0. The van der Waals surface area contributed by atoms with Gasteiger partial charge in [0.15, 0.2) is 0 Å². The minimum atomic E-state index is 1.13. The molecule has 0 heterocycles. The normalized spacial score (nSPS) is 13.1. The van der Waals surface area contributed by atoms with Crippen LogP contribution in [0.15, 0.2) is 93.9 Å². The van der Waals surface area contributed by atoms with Gasteiger partial charge in [-0.3, -0.25) is 0 Å². The molecule has 0 bridgehead atoms. The molecular weight excluding hydrogens is 520 g/mol. The molecule has 0 amide bonds. The molecule has 2 aliphatic carbocycles. The first-order valence-corrected chi connectivity index (χ1v) is 12.6. The van der Waals surface area contributed by atoms with Gasteiger partial charge in [-0.2, -0.15) is 0 Å². The third-order valence-corrected chi connectivity index (χ3v) is 8.45. The third kappa shape index (κ3) is 2.48. The average molecular weight is 538 g/mol. The molecule has 5 aromatic rings. The summed E-state index contributed by atoms with van der Waals surface area (Å²) in [7, 11) is 0. The average Bonchev–Trinajstić information content (AvgIpc) is 3.38. The van der Waals surface area contributed by atoms with Crippen LogP contribution in [0.2, 0.25) is 0 Å². The van der Waals surface area contributed by atoms with E-state index in [9.17, 15) is 0 Å². The Kier molecular flexibility index (Phi) is 4.07. The Morgan fingerprint density at radius 2 is 0.844 bits per heavy atom. The van der Waals surface area contributed by atoms with Crippen molar-refractivity contribution in [3.8, 4) is 44.5 Å². The molecule has 5 aromatic carbocycles. The molecule has 0 saturated heterocycles. The molecule has 0 aliphatic heterocycles. The van der Waals surface area contributed by atoms with Gasteiger partial charge in [-0.05, 0) is 91.4 Å². The summed E-state index contributed by atoms with van der Waals surface area (Å²) in [5.41, 5.74) is 13.5. The molecule has 0 N–H and O–H groups in total. The van der Waals surface area contributed by atoms with Crippen molar-refractivity contribution in [2.45, 2.75) is 12.8 Å². The summed E-state index contributed by atoms with van der Waals surface area (Å²) in [6.45, 7) is 0. The Balaban J connectivity index is 1.66. The number of aryl methyl sites for hydroxylation is 2. The van der Waals surface area contributed by atoms with E-state index in [0.29, 0.717) is 0 Å². The van der Waals surface area contributed by atoms with E-state index in [1.54, 1.807) is 0 Å². The maximum atomic E-state index is 3.81. The highest BCUT2D eigenvalue weighted by molar-refractivity contribution is 9.11. The zero-order valence-corrected chi connectivity index (χ0v) is 20.4. The number of benzene rings is 5. The fourth-order valence-electron chi connectivity index (χ4n) is 5.72. The molecule has 0 spiro atoms. The van der Waals surface area contributed by atoms with Crippen LogP contribution in [0.4, 0.5) is 0 Å². The molecule has 0 nitrogen and oxygen atoms in total. The second-order valence-electron chi connectivity index (χ2n) is 8.66. The first kappa shape index (κ1) is 18.8. The lowest BCUT2D eigenvalue weighted by molar-refractivity contribution is 1.02. The van der Waals surface area contributed by atoms with Crippen LogP contribution < -0.4 is 0 Å². The van der Waals surface area contributed by atoms with Gasteiger partial charge in [-0.25, -0.2) is 0 Å². The van der Waals surface area contributed by atoms with Gasteiger partial charge >= 0.3 is 0 Å². The molecule has 0 saturated carbocycles. The highest BCUT2D eigenvalue weighted by Crippen LogP contribution is 2.57. The lowest BCUT2D eigenvalue weighted by atomic mass is 9.88. The Morgan fingerprint density at radius 1 is 0.406 bits per heavy atom. The van der Waals surface area contributed by atoms with Crippen molar-refractivity contribution in [1.82, 2.24) is 0 Å². The van der Waals surface area contributed by atoms with Gasteiger partial charge in [0.2, 0.25) is 0 Å². The fourth-order valence-corrected chi connectivity index (χ4v) is 6.71. The first-order chi connectivity index (χ1) is 15.7. The van der Waals surface area contributed by atoms with Crippen LogP contribution in [0, 0.1) is 0 Å². The molecule has 0 radical (unpaired) electrons. The summed E-state index contributed by atoms with van der Waals surface area (Å²) >= 11 is 7.63. The second kappa shape index (κ2) is 6.91. The number of fused-ring (bicyclic) bond motifs is 3. The van der Waals surface area contributed by atoms with Gasteiger partial charge < -0.3 is 0 Å². The minimum absolute atomic E-state index is 1.13. The fraction of sp³-hybridized carbons (Fsp3) is 0.0667. The summed E-state index contributed by atoms with van der Waals surface area (Å²) in [6.07, 6.45) is 2.31. The highest BCUT2D eigenvalue weighted by atomic mass is 79.9. The van der Waals surface area contributed by atoms with Crippen LogP contribution in [-0.2, 0) is 12.8 Å². The van der Waals surface area contributed by atoms with Gasteiger partial charge in [-0.15, -0.1) is 0 Å². The zero-order chi connectivity index (χ0) is 21.4. The van der Waals surface area contributed by atoms with Crippen LogP contribution in [-0.4, -0.2) is 0 Å². The topological polar surface area (TPSA) is 0 Å². The lowest BCUT2D eigenvalue weighted by Crippen LogP contribution is -1.91. The molecule has 2 aliphatic rings. The molecule has 0 fully saturated rings. The number of hydrogen-bond donors (Lipinski definition) is 0. The van der Waals surface area contributed by atoms with Crippen LogP contribution in [0.5, 0.6) is 0 Å². The van der Waals surface area contributed by atoms with Gasteiger partial charge in [0, 0.05) is 8.95 Å². The van der Waals surface area contributed by atoms with Crippen molar-refractivity contribution in [2.75, 3.05) is 0 Å². The summed E-state index contributed by atoms with van der Waals surface area (Å²) < 4.78 is 2.26. The van der Waals surface area contributed by atoms with E-state index >= 15 is 0 Å². The first-order valence-electron chi connectivity index (χ1n) is 11.0. The third-order valence-electron chi connectivity index (χ3n) is 7.07. The lowest BCUT2D eigenvalue weighted by Gasteiger charge is -2.17. The van der Waals surface area contributed by atoms with Crippen molar-refractivity contribution >= 4 is 42.6 Å². The highest BCUT2D eigenvalue weighted by Gasteiger charge is 2.31. The Morgan fingerprint density at radius 3 is 1.31 bits per heavy atom. The summed E-state index contributed by atoms with van der Waals surface area (Å²) in [6, 6.07) is 31.2. The largest absolute Gasteiger partial charge is 0.0616 e.